The van der Waals surface area contributed by atoms with Crippen molar-refractivity contribution in [2.24, 2.45) is 0 Å². The van der Waals surface area contributed by atoms with E-state index in [0.717, 1.165) is 17.1 Å². The zero-order valence-electron chi connectivity index (χ0n) is 5.61. The van der Waals surface area contributed by atoms with Crippen LogP contribution < -0.4 is 0 Å². The van der Waals surface area contributed by atoms with Gasteiger partial charge in [-0.3, -0.25) is 0 Å². The number of halogens is 2. The van der Waals surface area contributed by atoms with Crippen LogP contribution in [0.3, 0.4) is 0 Å². The average Bonchev–Trinajstić information content (AvgIpc) is 2.05. The predicted octanol–water partition coefficient (Wildman–Crippen LogP) is 3.24. The van der Waals surface area contributed by atoms with Gasteiger partial charge in [0.05, 0.1) is 0 Å². The maximum absolute atomic E-state index is 3.44. The third-order valence-corrected chi connectivity index (χ3v) is 2.90. The number of hydrogen-bond donors (Lipinski definition) is 0. The first-order valence-corrected chi connectivity index (χ1v) is 5.44. The van der Waals surface area contributed by atoms with Crippen LogP contribution in [0.1, 0.15) is 6.42 Å². The molecule has 0 atom stereocenters. The summed E-state index contributed by atoms with van der Waals surface area (Å²) >= 11 is 6.87. The van der Waals surface area contributed by atoms with Crippen molar-refractivity contribution in [3.63, 3.8) is 0 Å². The van der Waals surface area contributed by atoms with Crippen LogP contribution in [-0.2, 0) is 0 Å². The van der Waals surface area contributed by atoms with E-state index in [1.54, 1.807) is 0 Å². The van der Waals surface area contributed by atoms with Gasteiger partial charge in [-0.15, -0.1) is 0 Å². The number of hydrogen-bond acceptors (Lipinski definition) is 0. The lowest BCUT2D eigenvalue weighted by molar-refractivity contribution is 1.01. The lowest BCUT2D eigenvalue weighted by Gasteiger charge is -2.13. The normalized spacial score (nSPS) is 19.2. The van der Waals surface area contributed by atoms with Crippen molar-refractivity contribution < 1.29 is 0 Å². The van der Waals surface area contributed by atoms with Gasteiger partial charge in [0.1, 0.15) is 0 Å². The second kappa shape index (κ2) is 4.35. The van der Waals surface area contributed by atoms with Gasteiger partial charge in [0.2, 0.25) is 0 Å². The van der Waals surface area contributed by atoms with E-state index in [1.165, 1.54) is 11.5 Å². The lowest BCUT2D eigenvalue weighted by atomic mass is 9.97. The van der Waals surface area contributed by atoms with Crippen LogP contribution in [0.4, 0.5) is 0 Å². The van der Waals surface area contributed by atoms with E-state index >= 15 is 0 Å². The summed E-state index contributed by atoms with van der Waals surface area (Å²) in [6, 6.07) is 0. The standard InChI is InChI=1S/C8H9Br2/c9-5-7-2-1-3-8(4-7)6-10/h1-3H,4-6H2. The van der Waals surface area contributed by atoms with E-state index in [9.17, 15) is 0 Å². The topological polar surface area (TPSA) is 0 Å². The van der Waals surface area contributed by atoms with Crippen molar-refractivity contribution in [1.82, 2.24) is 0 Å². The summed E-state index contributed by atoms with van der Waals surface area (Å²) in [6.07, 6.45) is 7.56. The Morgan fingerprint density at radius 1 is 1.30 bits per heavy atom. The van der Waals surface area contributed by atoms with Crippen LogP contribution in [0.2, 0.25) is 0 Å². The second-order valence-corrected chi connectivity index (χ2v) is 3.41. The molecule has 2 heteroatoms. The lowest BCUT2D eigenvalue weighted by Crippen LogP contribution is -2.01. The molecule has 0 N–H and O–H groups in total. The van der Waals surface area contributed by atoms with Crippen molar-refractivity contribution in [3.05, 3.63) is 29.7 Å². The average molecular weight is 265 g/mol. The molecule has 1 rings (SSSR count). The largest absolute Gasteiger partial charge is 0.0918 e. The fourth-order valence-corrected chi connectivity index (χ4v) is 1.68. The van der Waals surface area contributed by atoms with Crippen molar-refractivity contribution in [3.8, 4) is 0 Å². The van der Waals surface area contributed by atoms with Gasteiger partial charge in [-0.1, -0.05) is 55.7 Å². The minimum Gasteiger partial charge on any atom is -0.0918 e. The number of allylic oxidation sites excluding steroid dienone is 4. The zero-order chi connectivity index (χ0) is 7.40. The van der Waals surface area contributed by atoms with E-state index in [2.05, 4.69) is 50.1 Å². The van der Waals surface area contributed by atoms with Crippen molar-refractivity contribution >= 4 is 31.9 Å². The van der Waals surface area contributed by atoms with Gasteiger partial charge < -0.3 is 0 Å². The highest BCUT2D eigenvalue weighted by atomic mass is 79.9. The second-order valence-electron chi connectivity index (χ2n) is 2.29. The molecule has 0 heterocycles. The Morgan fingerprint density at radius 2 is 2.10 bits per heavy atom. The number of rotatable bonds is 2. The molecule has 0 aromatic rings. The van der Waals surface area contributed by atoms with Gasteiger partial charge in [0.25, 0.3) is 0 Å². The molecule has 0 nitrogen and oxygen atoms in total. The monoisotopic (exact) mass is 263 g/mol. The summed E-state index contributed by atoms with van der Waals surface area (Å²) in [4.78, 5) is 0. The van der Waals surface area contributed by atoms with Gasteiger partial charge in [-0.05, 0) is 6.42 Å². The van der Waals surface area contributed by atoms with E-state index in [4.69, 9.17) is 0 Å². The summed E-state index contributed by atoms with van der Waals surface area (Å²) in [5.74, 6) is 1.46. The van der Waals surface area contributed by atoms with E-state index in [0.29, 0.717) is 0 Å². The van der Waals surface area contributed by atoms with Gasteiger partial charge in [-0.25, -0.2) is 0 Å². The molecule has 0 saturated heterocycles. The fraction of sp³-hybridized carbons (Fsp3) is 0.375. The first kappa shape index (κ1) is 8.54. The highest BCUT2D eigenvalue weighted by Crippen LogP contribution is 2.22. The van der Waals surface area contributed by atoms with Crippen LogP contribution in [0.25, 0.3) is 0 Å². The van der Waals surface area contributed by atoms with Crippen molar-refractivity contribution in [2.75, 3.05) is 10.7 Å². The highest BCUT2D eigenvalue weighted by Gasteiger charge is 2.08. The first-order chi connectivity index (χ1) is 4.86. The maximum atomic E-state index is 3.44. The molecule has 0 fully saturated rings. The molecule has 0 aromatic carbocycles. The highest BCUT2D eigenvalue weighted by molar-refractivity contribution is 9.09. The molecule has 1 aliphatic carbocycles. The van der Waals surface area contributed by atoms with Crippen molar-refractivity contribution in [1.29, 1.82) is 0 Å². The van der Waals surface area contributed by atoms with Crippen LogP contribution in [0.15, 0.2) is 23.8 Å². The fourth-order valence-electron chi connectivity index (χ4n) is 0.913. The Balaban J connectivity index is 2.50. The molecular formula is C8H9Br2. The predicted molar refractivity (Wildman–Crippen MR) is 52.7 cm³/mol. The Morgan fingerprint density at radius 3 is 2.70 bits per heavy atom. The molecular weight excluding hydrogens is 256 g/mol. The molecule has 55 valence electrons. The third-order valence-electron chi connectivity index (χ3n) is 1.46. The molecule has 0 saturated carbocycles. The van der Waals surface area contributed by atoms with Gasteiger partial charge in [0, 0.05) is 16.6 Å². The smallest absolute Gasteiger partial charge is 0.0245 e. The Hall–Kier alpha value is 0.440. The number of alkyl halides is 2. The van der Waals surface area contributed by atoms with Gasteiger partial charge in [0.15, 0.2) is 0 Å². The maximum Gasteiger partial charge on any atom is 0.0245 e. The molecule has 10 heavy (non-hydrogen) atoms. The molecule has 0 bridgehead atoms. The Kier molecular flexibility index (Phi) is 3.71. The molecule has 1 aliphatic rings. The molecule has 1 radical (unpaired) electrons. The van der Waals surface area contributed by atoms with Crippen LogP contribution in [0.5, 0.6) is 0 Å². The van der Waals surface area contributed by atoms with Crippen molar-refractivity contribution in [2.45, 2.75) is 6.42 Å². The molecule has 0 aliphatic heterocycles. The van der Waals surface area contributed by atoms with Gasteiger partial charge >= 0.3 is 0 Å². The van der Waals surface area contributed by atoms with E-state index in [1.807, 2.05) is 0 Å². The summed E-state index contributed by atoms with van der Waals surface area (Å²) in [5, 5.41) is 1.99. The minimum atomic E-state index is 0.994. The van der Waals surface area contributed by atoms with Crippen LogP contribution in [0, 0.1) is 5.92 Å². The van der Waals surface area contributed by atoms with Gasteiger partial charge in [-0.2, -0.15) is 0 Å². The third kappa shape index (κ3) is 2.24. The first-order valence-electron chi connectivity index (χ1n) is 3.19. The summed E-state index contributed by atoms with van der Waals surface area (Å²) in [7, 11) is 0. The Labute approximate surface area is 78.6 Å². The molecule has 0 aromatic heterocycles. The summed E-state index contributed by atoms with van der Waals surface area (Å²) < 4.78 is 0. The zero-order valence-corrected chi connectivity index (χ0v) is 8.78. The molecule has 0 amide bonds. The molecule has 0 unspecified atom stereocenters. The SMILES string of the molecule is BrC[C]1C=CC=C(CBr)C1. The molecule has 0 spiro atoms. The quantitative estimate of drug-likeness (QED) is 0.672. The minimum absolute atomic E-state index is 0.994. The van der Waals surface area contributed by atoms with E-state index in [-0.39, 0.29) is 0 Å². The summed E-state index contributed by atoms with van der Waals surface area (Å²) in [5.41, 5.74) is 1.46. The Bertz CT molecular complexity index is 159. The van der Waals surface area contributed by atoms with Crippen LogP contribution >= 0.6 is 31.9 Å². The summed E-state index contributed by atoms with van der Waals surface area (Å²) in [6.45, 7) is 0. The van der Waals surface area contributed by atoms with Crippen LogP contribution in [-0.4, -0.2) is 10.7 Å². The van der Waals surface area contributed by atoms with E-state index < -0.39 is 0 Å².